The van der Waals surface area contributed by atoms with Gasteiger partial charge in [0.05, 0.1) is 0 Å². The maximum absolute atomic E-state index is 10.3. The lowest BCUT2D eigenvalue weighted by molar-refractivity contribution is -0.119. The van der Waals surface area contributed by atoms with Gasteiger partial charge in [-0.25, -0.2) is 0 Å². The summed E-state index contributed by atoms with van der Waals surface area (Å²) < 4.78 is 0. The molecule has 68 valence electrons. The zero-order valence-corrected chi connectivity index (χ0v) is 7.21. The van der Waals surface area contributed by atoms with Crippen LogP contribution in [0.25, 0.3) is 0 Å². The van der Waals surface area contributed by atoms with Crippen LogP contribution in [0.3, 0.4) is 0 Å². The molecule has 0 unspecified atom stereocenters. The van der Waals surface area contributed by atoms with Crippen LogP contribution in [-0.2, 0) is 4.79 Å². The molecule has 1 saturated heterocycles. The monoisotopic (exact) mass is 170 g/mol. The van der Waals surface area contributed by atoms with Gasteiger partial charge in [-0.2, -0.15) is 0 Å². The van der Waals surface area contributed by atoms with Crippen molar-refractivity contribution >= 4 is 12.4 Å². The lowest BCUT2D eigenvalue weighted by atomic mass is 10.3. The van der Waals surface area contributed by atoms with Gasteiger partial charge in [0.15, 0.2) is 5.96 Å². The first-order valence-electron chi connectivity index (χ1n) is 3.98. The first-order chi connectivity index (χ1) is 5.77. The number of nitrogens with zero attached hydrogens (tertiary/aromatic N) is 2. The lowest BCUT2D eigenvalue weighted by Crippen LogP contribution is -2.50. The number of hydrogen-bond acceptors (Lipinski definition) is 2. The highest BCUT2D eigenvalue weighted by Crippen LogP contribution is 1.97. The van der Waals surface area contributed by atoms with Gasteiger partial charge >= 0.3 is 0 Å². The van der Waals surface area contributed by atoms with Crippen LogP contribution in [-0.4, -0.2) is 55.4 Å². The van der Waals surface area contributed by atoms with Crippen molar-refractivity contribution in [1.82, 2.24) is 15.1 Å². The third-order valence-corrected chi connectivity index (χ3v) is 2.02. The van der Waals surface area contributed by atoms with Crippen LogP contribution in [0.1, 0.15) is 0 Å². The average Bonchev–Trinajstić information content (AvgIpc) is 2.17. The summed E-state index contributed by atoms with van der Waals surface area (Å²) in [6.07, 6.45) is 0.861. The van der Waals surface area contributed by atoms with Gasteiger partial charge in [0.25, 0.3) is 0 Å². The van der Waals surface area contributed by atoms with E-state index in [2.05, 4.69) is 5.32 Å². The molecule has 1 heterocycles. The molecule has 5 heteroatoms. The van der Waals surface area contributed by atoms with Crippen LogP contribution in [0.5, 0.6) is 0 Å². The first kappa shape index (κ1) is 8.83. The van der Waals surface area contributed by atoms with E-state index in [1.807, 2.05) is 4.90 Å². The molecule has 1 amide bonds. The Labute approximate surface area is 71.8 Å². The highest BCUT2D eigenvalue weighted by Gasteiger charge is 2.16. The molecule has 1 aliphatic heterocycles. The van der Waals surface area contributed by atoms with E-state index in [9.17, 15) is 4.79 Å². The number of carbonyl (C=O) groups is 1. The molecule has 1 fully saturated rings. The summed E-state index contributed by atoms with van der Waals surface area (Å²) in [6.45, 7) is 2.93. The normalized spacial score (nSPS) is 17.4. The minimum atomic E-state index is 0.431. The molecular formula is C7H14N4O. The van der Waals surface area contributed by atoms with Crippen molar-refractivity contribution in [3.8, 4) is 0 Å². The van der Waals surface area contributed by atoms with E-state index in [-0.39, 0.29) is 0 Å². The predicted octanol–water partition coefficient (Wildman–Crippen LogP) is -1.09. The molecule has 0 aromatic heterocycles. The molecule has 0 atom stereocenters. The number of piperazine rings is 1. The molecule has 12 heavy (non-hydrogen) atoms. The second-order valence-corrected chi connectivity index (χ2v) is 2.73. The lowest BCUT2D eigenvalue weighted by Gasteiger charge is -2.33. The molecule has 5 nitrogen and oxygen atoms in total. The minimum Gasteiger partial charge on any atom is -0.359 e. The molecule has 0 aliphatic carbocycles. The number of rotatable bonds is 1. The highest BCUT2D eigenvalue weighted by molar-refractivity contribution is 5.76. The summed E-state index contributed by atoms with van der Waals surface area (Å²) in [5, 5.41) is 10.2. The number of carbonyl (C=O) groups excluding carboxylic acids is 1. The minimum absolute atomic E-state index is 0.431. The largest absolute Gasteiger partial charge is 0.359 e. The van der Waals surface area contributed by atoms with Gasteiger partial charge in [-0.15, -0.1) is 0 Å². The van der Waals surface area contributed by atoms with E-state index < -0.39 is 0 Å². The Hall–Kier alpha value is -1.26. The van der Waals surface area contributed by atoms with Crippen LogP contribution >= 0.6 is 0 Å². The molecule has 0 aromatic rings. The number of nitrogens with one attached hydrogen (secondary N) is 2. The SMILES string of the molecule is CNC(=N)N1CCN(C=O)CC1. The number of guanidine groups is 1. The van der Waals surface area contributed by atoms with Crippen molar-refractivity contribution in [3.05, 3.63) is 0 Å². The first-order valence-corrected chi connectivity index (χ1v) is 3.98. The topological polar surface area (TPSA) is 59.4 Å². The predicted molar refractivity (Wildman–Crippen MR) is 46.0 cm³/mol. The van der Waals surface area contributed by atoms with Crippen molar-refractivity contribution < 1.29 is 4.79 Å². The molecule has 0 bridgehead atoms. The van der Waals surface area contributed by atoms with E-state index in [0.717, 1.165) is 19.5 Å². The zero-order valence-electron chi connectivity index (χ0n) is 7.21. The van der Waals surface area contributed by atoms with Crippen LogP contribution in [0.4, 0.5) is 0 Å². The standard InChI is InChI=1S/C7H14N4O/c1-9-7(8)11-4-2-10(6-12)3-5-11/h6H,2-5H2,1H3,(H2,8,9). The Morgan fingerprint density at radius 1 is 1.42 bits per heavy atom. The highest BCUT2D eigenvalue weighted by atomic mass is 16.1. The summed E-state index contributed by atoms with van der Waals surface area (Å²) in [4.78, 5) is 14.0. The number of hydrogen-bond donors (Lipinski definition) is 2. The van der Waals surface area contributed by atoms with Crippen LogP contribution in [0.2, 0.25) is 0 Å². The smallest absolute Gasteiger partial charge is 0.209 e. The Kier molecular flexibility index (Phi) is 2.90. The third-order valence-electron chi connectivity index (χ3n) is 2.02. The van der Waals surface area contributed by atoms with E-state index in [4.69, 9.17) is 5.41 Å². The summed E-state index contributed by atoms with van der Waals surface area (Å²) in [5.74, 6) is 0.431. The van der Waals surface area contributed by atoms with Gasteiger partial charge in [0, 0.05) is 33.2 Å². The molecule has 0 spiro atoms. The summed E-state index contributed by atoms with van der Waals surface area (Å²) in [6, 6.07) is 0. The fourth-order valence-corrected chi connectivity index (χ4v) is 1.21. The Morgan fingerprint density at radius 3 is 2.42 bits per heavy atom. The van der Waals surface area contributed by atoms with Crippen LogP contribution < -0.4 is 5.32 Å². The van der Waals surface area contributed by atoms with Crippen molar-refractivity contribution in [2.45, 2.75) is 0 Å². The third kappa shape index (κ3) is 1.87. The van der Waals surface area contributed by atoms with Crippen molar-refractivity contribution in [1.29, 1.82) is 5.41 Å². The second-order valence-electron chi connectivity index (χ2n) is 2.73. The number of amides is 1. The van der Waals surface area contributed by atoms with Crippen LogP contribution in [0, 0.1) is 5.41 Å². The Balaban J connectivity index is 2.35. The van der Waals surface area contributed by atoms with E-state index in [1.165, 1.54) is 0 Å². The van der Waals surface area contributed by atoms with Gasteiger partial charge in [-0.05, 0) is 0 Å². The maximum atomic E-state index is 10.3. The molecule has 1 aliphatic rings. The van der Waals surface area contributed by atoms with Crippen molar-refractivity contribution in [2.24, 2.45) is 0 Å². The summed E-state index contributed by atoms with van der Waals surface area (Å²) >= 11 is 0. The van der Waals surface area contributed by atoms with Gasteiger partial charge in [-0.1, -0.05) is 0 Å². The fraction of sp³-hybridized carbons (Fsp3) is 0.714. The van der Waals surface area contributed by atoms with E-state index >= 15 is 0 Å². The molecule has 0 aromatic carbocycles. The zero-order chi connectivity index (χ0) is 8.97. The molecule has 1 rings (SSSR count). The average molecular weight is 170 g/mol. The van der Waals surface area contributed by atoms with Gasteiger partial charge in [0.1, 0.15) is 0 Å². The maximum Gasteiger partial charge on any atom is 0.209 e. The van der Waals surface area contributed by atoms with Gasteiger partial charge in [0.2, 0.25) is 6.41 Å². The summed E-state index contributed by atoms with van der Waals surface area (Å²) in [5.41, 5.74) is 0. The van der Waals surface area contributed by atoms with Crippen LogP contribution in [0.15, 0.2) is 0 Å². The van der Waals surface area contributed by atoms with Gasteiger partial charge in [-0.3, -0.25) is 10.2 Å². The summed E-state index contributed by atoms with van der Waals surface area (Å²) in [7, 11) is 1.73. The van der Waals surface area contributed by atoms with E-state index in [0.29, 0.717) is 19.0 Å². The second kappa shape index (κ2) is 3.94. The van der Waals surface area contributed by atoms with Gasteiger partial charge < -0.3 is 15.1 Å². The molecule has 2 N–H and O–H groups in total. The fourth-order valence-electron chi connectivity index (χ4n) is 1.21. The Bertz CT molecular complexity index is 174. The molecular weight excluding hydrogens is 156 g/mol. The van der Waals surface area contributed by atoms with E-state index in [1.54, 1.807) is 11.9 Å². The molecule has 0 saturated carbocycles. The molecule has 0 radical (unpaired) electrons. The van der Waals surface area contributed by atoms with Crippen molar-refractivity contribution in [2.75, 3.05) is 33.2 Å². The quantitative estimate of drug-likeness (QED) is 0.299. The Morgan fingerprint density at radius 2 is 2.00 bits per heavy atom. The van der Waals surface area contributed by atoms with Crippen molar-refractivity contribution in [3.63, 3.8) is 0 Å².